The first-order valence-electron chi connectivity index (χ1n) is 8.51. The average Bonchev–Trinajstić information content (AvgIpc) is 2.62. The topological polar surface area (TPSA) is 49.9 Å². The molecule has 0 saturated carbocycles. The Balaban J connectivity index is 1.59. The maximum absolute atomic E-state index is 12.7. The predicted octanol–water partition coefficient (Wildman–Crippen LogP) is 2.09. The zero-order valence-electron chi connectivity index (χ0n) is 13.7. The fraction of sp³-hybridized carbons (Fsp3) is 0.556. The summed E-state index contributed by atoms with van der Waals surface area (Å²) < 4.78 is 5.31. The Morgan fingerprint density at radius 1 is 1.21 bits per heavy atom. The van der Waals surface area contributed by atoms with E-state index in [1.807, 2.05) is 4.90 Å². The molecule has 2 fully saturated rings. The van der Waals surface area contributed by atoms with E-state index in [2.05, 4.69) is 4.90 Å². The highest BCUT2D eigenvalue weighted by molar-refractivity contribution is 6.31. The minimum absolute atomic E-state index is 0.0846. The van der Waals surface area contributed by atoms with Crippen LogP contribution in [0, 0.1) is 5.92 Å². The molecule has 1 atom stereocenters. The zero-order chi connectivity index (χ0) is 16.9. The Hall–Kier alpha value is -1.43. The van der Waals surface area contributed by atoms with E-state index >= 15 is 0 Å². The minimum Gasteiger partial charge on any atom is -0.379 e. The van der Waals surface area contributed by atoms with Gasteiger partial charge in [0.25, 0.3) is 0 Å². The molecule has 130 valence electrons. The molecule has 1 aromatic rings. The number of carbonyl (C=O) groups excluding carboxylic acids is 2. The van der Waals surface area contributed by atoms with Crippen LogP contribution in [0.2, 0.25) is 5.02 Å². The molecule has 2 heterocycles. The smallest absolute Gasteiger partial charge is 0.236 e. The van der Waals surface area contributed by atoms with Gasteiger partial charge in [0.2, 0.25) is 5.91 Å². The lowest BCUT2D eigenvalue weighted by Gasteiger charge is -2.34. The summed E-state index contributed by atoms with van der Waals surface area (Å²) in [4.78, 5) is 29.2. The molecule has 0 aromatic heterocycles. The molecule has 5 nitrogen and oxygen atoms in total. The lowest BCUT2D eigenvalue weighted by Crippen LogP contribution is -2.48. The standard InChI is InChI=1S/C18H23ClN2O3/c19-16-5-1-3-14(11-16)18(23)15-4-2-6-21(12-15)17(22)13-20-7-9-24-10-8-20/h1,3,5,11,15H,2,4,6-10,12-13H2/t15-/m1/s1. The van der Waals surface area contributed by atoms with Gasteiger partial charge in [-0.2, -0.15) is 0 Å². The van der Waals surface area contributed by atoms with E-state index in [-0.39, 0.29) is 17.6 Å². The van der Waals surface area contributed by atoms with Crippen molar-refractivity contribution >= 4 is 23.3 Å². The Bertz CT molecular complexity index is 602. The predicted molar refractivity (Wildman–Crippen MR) is 92.3 cm³/mol. The molecule has 2 aliphatic heterocycles. The molecule has 0 aliphatic carbocycles. The summed E-state index contributed by atoms with van der Waals surface area (Å²) in [7, 11) is 0. The monoisotopic (exact) mass is 350 g/mol. The zero-order valence-corrected chi connectivity index (χ0v) is 14.5. The number of halogens is 1. The number of piperidine rings is 1. The van der Waals surface area contributed by atoms with Crippen LogP contribution in [0.3, 0.4) is 0 Å². The van der Waals surface area contributed by atoms with Gasteiger partial charge in [-0.3, -0.25) is 14.5 Å². The van der Waals surface area contributed by atoms with Crippen LogP contribution in [0.1, 0.15) is 23.2 Å². The molecule has 6 heteroatoms. The molecule has 0 radical (unpaired) electrons. The summed E-state index contributed by atoms with van der Waals surface area (Å²) in [6, 6.07) is 7.05. The number of rotatable bonds is 4. The van der Waals surface area contributed by atoms with Gasteiger partial charge in [0.15, 0.2) is 5.78 Å². The van der Waals surface area contributed by atoms with Crippen LogP contribution in [0.5, 0.6) is 0 Å². The molecule has 24 heavy (non-hydrogen) atoms. The fourth-order valence-corrected chi connectivity index (χ4v) is 3.54. The van der Waals surface area contributed by atoms with Crippen molar-refractivity contribution in [2.24, 2.45) is 5.92 Å². The number of ketones is 1. The van der Waals surface area contributed by atoms with E-state index in [9.17, 15) is 9.59 Å². The van der Waals surface area contributed by atoms with Crippen molar-refractivity contribution in [3.05, 3.63) is 34.9 Å². The first-order chi connectivity index (χ1) is 11.6. The number of morpholine rings is 1. The number of Topliss-reactive ketones (excluding diaryl/α,β-unsaturated/α-hetero) is 1. The molecule has 0 unspecified atom stereocenters. The van der Waals surface area contributed by atoms with Gasteiger partial charge < -0.3 is 9.64 Å². The quantitative estimate of drug-likeness (QED) is 0.780. The highest BCUT2D eigenvalue weighted by Crippen LogP contribution is 2.22. The maximum atomic E-state index is 12.7. The second kappa shape index (κ2) is 8.10. The summed E-state index contributed by atoms with van der Waals surface area (Å²) in [5.74, 6) is 0.0627. The third-order valence-electron chi connectivity index (χ3n) is 4.72. The number of nitrogens with zero attached hydrogens (tertiary/aromatic N) is 2. The molecule has 2 saturated heterocycles. The summed E-state index contributed by atoms with van der Waals surface area (Å²) in [6.07, 6.45) is 1.69. The lowest BCUT2D eigenvalue weighted by atomic mass is 9.90. The van der Waals surface area contributed by atoms with Crippen molar-refractivity contribution in [3.8, 4) is 0 Å². The van der Waals surface area contributed by atoms with Gasteiger partial charge in [-0.05, 0) is 25.0 Å². The van der Waals surface area contributed by atoms with Crippen LogP contribution in [0.25, 0.3) is 0 Å². The second-order valence-corrected chi connectivity index (χ2v) is 6.88. The summed E-state index contributed by atoms with van der Waals surface area (Å²) in [5, 5.41) is 0.567. The van der Waals surface area contributed by atoms with E-state index < -0.39 is 0 Å². The normalized spacial score (nSPS) is 22.4. The number of carbonyl (C=O) groups is 2. The molecule has 0 bridgehead atoms. The van der Waals surface area contributed by atoms with Crippen LogP contribution >= 0.6 is 11.6 Å². The van der Waals surface area contributed by atoms with Crippen molar-refractivity contribution in [1.29, 1.82) is 0 Å². The summed E-state index contributed by atoms with van der Waals surface area (Å²) >= 11 is 5.98. The van der Waals surface area contributed by atoms with Gasteiger partial charge in [0, 0.05) is 42.7 Å². The van der Waals surface area contributed by atoms with Gasteiger partial charge in [-0.15, -0.1) is 0 Å². The Labute approximate surface area is 147 Å². The van der Waals surface area contributed by atoms with Crippen molar-refractivity contribution in [3.63, 3.8) is 0 Å². The van der Waals surface area contributed by atoms with Crippen LogP contribution in [0.4, 0.5) is 0 Å². The van der Waals surface area contributed by atoms with Crippen molar-refractivity contribution in [2.45, 2.75) is 12.8 Å². The van der Waals surface area contributed by atoms with Crippen LogP contribution in [-0.4, -0.2) is 67.4 Å². The number of hydrogen-bond acceptors (Lipinski definition) is 4. The number of benzene rings is 1. The summed E-state index contributed by atoms with van der Waals surface area (Å²) in [5.41, 5.74) is 0.634. The van der Waals surface area contributed by atoms with Crippen molar-refractivity contribution in [2.75, 3.05) is 45.9 Å². The van der Waals surface area contributed by atoms with Crippen LogP contribution in [-0.2, 0) is 9.53 Å². The molecule has 3 rings (SSSR count). The van der Waals surface area contributed by atoms with Gasteiger partial charge in [-0.1, -0.05) is 23.7 Å². The Kier molecular flexibility index (Phi) is 5.87. The molecule has 0 spiro atoms. The number of amides is 1. The molecule has 1 amide bonds. The number of hydrogen-bond donors (Lipinski definition) is 0. The third kappa shape index (κ3) is 4.35. The van der Waals surface area contributed by atoms with Crippen LogP contribution in [0.15, 0.2) is 24.3 Å². The highest BCUT2D eigenvalue weighted by Gasteiger charge is 2.29. The average molecular weight is 351 g/mol. The van der Waals surface area contributed by atoms with Crippen LogP contribution < -0.4 is 0 Å². The first-order valence-corrected chi connectivity index (χ1v) is 8.89. The van der Waals surface area contributed by atoms with Gasteiger partial charge >= 0.3 is 0 Å². The molecule has 0 N–H and O–H groups in total. The Morgan fingerprint density at radius 2 is 2.00 bits per heavy atom. The van der Waals surface area contributed by atoms with Gasteiger partial charge in [0.1, 0.15) is 0 Å². The van der Waals surface area contributed by atoms with E-state index in [1.54, 1.807) is 24.3 Å². The number of ether oxygens (including phenoxy) is 1. The Morgan fingerprint density at radius 3 is 2.75 bits per heavy atom. The highest BCUT2D eigenvalue weighted by atomic mass is 35.5. The summed E-state index contributed by atoms with van der Waals surface area (Å²) in [6.45, 7) is 4.62. The largest absolute Gasteiger partial charge is 0.379 e. The lowest BCUT2D eigenvalue weighted by molar-refractivity contribution is -0.134. The van der Waals surface area contributed by atoms with Crippen molar-refractivity contribution < 1.29 is 14.3 Å². The molecular formula is C18H23ClN2O3. The minimum atomic E-state index is -0.133. The molecular weight excluding hydrogens is 328 g/mol. The SMILES string of the molecule is O=C(c1cccc(Cl)c1)[C@@H]1CCCN(C(=O)CN2CCOCC2)C1. The second-order valence-electron chi connectivity index (χ2n) is 6.44. The van der Waals surface area contributed by atoms with E-state index in [0.717, 1.165) is 32.5 Å². The van der Waals surface area contributed by atoms with Gasteiger partial charge in [0.05, 0.1) is 19.8 Å². The number of likely N-dealkylation sites (tertiary alicyclic amines) is 1. The van der Waals surface area contributed by atoms with E-state index in [1.165, 1.54) is 0 Å². The fourth-order valence-electron chi connectivity index (χ4n) is 3.35. The van der Waals surface area contributed by atoms with E-state index in [0.29, 0.717) is 36.9 Å². The van der Waals surface area contributed by atoms with E-state index in [4.69, 9.17) is 16.3 Å². The first kappa shape index (κ1) is 17.4. The van der Waals surface area contributed by atoms with Crippen molar-refractivity contribution in [1.82, 2.24) is 9.80 Å². The third-order valence-corrected chi connectivity index (χ3v) is 4.95. The maximum Gasteiger partial charge on any atom is 0.236 e. The molecule has 2 aliphatic rings. The van der Waals surface area contributed by atoms with Gasteiger partial charge in [-0.25, -0.2) is 0 Å². The molecule has 1 aromatic carbocycles.